The summed E-state index contributed by atoms with van der Waals surface area (Å²) in [6.45, 7) is 3.80. The van der Waals surface area contributed by atoms with Gasteiger partial charge < -0.3 is 15.4 Å². The lowest BCUT2D eigenvalue weighted by molar-refractivity contribution is -0.132. The minimum Gasteiger partial charge on any atom is -0.378 e. The summed E-state index contributed by atoms with van der Waals surface area (Å²) in [5, 5.41) is 5.69. The molecule has 1 aliphatic rings. The van der Waals surface area contributed by atoms with Crippen LogP contribution in [0.5, 0.6) is 0 Å². The average Bonchev–Trinajstić information content (AvgIpc) is 2.50. The Morgan fingerprint density at radius 3 is 2.60 bits per heavy atom. The molecule has 0 aromatic carbocycles. The SMILES string of the molecule is COC1CNCC1NC(=O)C(C)(C)F.Cl. The maximum Gasteiger partial charge on any atom is 0.257 e. The molecule has 0 radical (unpaired) electrons. The van der Waals surface area contributed by atoms with Crippen LogP contribution in [-0.2, 0) is 9.53 Å². The Bertz CT molecular complexity index is 221. The van der Waals surface area contributed by atoms with Gasteiger partial charge in [-0.2, -0.15) is 0 Å². The van der Waals surface area contributed by atoms with E-state index in [9.17, 15) is 9.18 Å². The molecule has 2 unspecified atom stereocenters. The highest BCUT2D eigenvalue weighted by Crippen LogP contribution is 2.10. The number of nitrogens with one attached hydrogen (secondary N) is 2. The van der Waals surface area contributed by atoms with Crippen LogP contribution in [0.1, 0.15) is 13.8 Å². The minimum atomic E-state index is -1.83. The van der Waals surface area contributed by atoms with Gasteiger partial charge in [0.25, 0.3) is 5.91 Å². The largest absolute Gasteiger partial charge is 0.378 e. The number of amides is 1. The van der Waals surface area contributed by atoms with Gasteiger partial charge in [0.1, 0.15) is 0 Å². The third-order valence-corrected chi connectivity index (χ3v) is 2.32. The summed E-state index contributed by atoms with van der Waals surface area (Å²) in [6, 6.07) is -0.137. The van der Waals surface area contributed by atoms with Crippen LogP contribution in [0.3, 0.4) is 0 Å². The number of alkyl halides is 1. The molecule has 0 aliphatic carbocycles. The van der Waals surface area contributed by atoms with Crippen LogP contribution in [0.2, 0.25) is 0 Å². The zero-order valence-corrected chi connectivity index (χ0v) is 9.99. The quantitative estimate of drug-likeness (QED) is 0.744. The minimum absolute atomic E-state index is 0. The number of halogens is 2. The van der Waals surface area contributed by atoms with E-state index in [0.29, 0.717) is 13.1 Å². The van der Waals surface area contributed by atoms with Gasteiger partial charge in [0.15, 0.2) is 5.67 Å². The fourth-order valence-electron chi connectivity index (χ4n) is 1.39. The first kappa shape index (κ1) is 14.6. The first-order valence-corrected chi connectivity index (χ1v) is 4.68. The van der Waals surface area contributed by atoms with Gasteiger partial charge in [0, 0.05) is 20.2 Å². The first-order valence-electron chi connectivity index (χ1n) is 4.68. The Hall–Kier alpha value is -0.390. The molecule has 1 aliphatic heterocycles. The van der Waals surface area contributed by atoms with Gasteiger partial charge in [-0.05, 0) is 13.8 Å². The van der Waals surface area contributed by atoms with Crippen molar-refractivity contribution in [1.29, 1.82) is 0 Å². The second-order valence-corrected chi connectivity index (χ2v) is 3.98. The molecule has 0 spiro atoms. The van der Waals surface area contributed by atoms with Crippen molar-refractivity contribution in [1.82, 2.24) is 10.6 Å². The van der Waals surface area contributed by atoms with Gasteiger partial charge in [-0.3, -0.25) is 4.79 Å². The highest BCUT2D eigenvalue weighted by molar-refractivity contribution is 5.85. The van der Waals surface area contributed by atoms with Gasteiger partial charge in [0.2, 0.25) is 0 Å². The van der Waals surface area contributed by atoms with Crippen molar-refractivity contribution in [3.63, 3.8) is 0 Å². The predicted molar refractivity (Wildman–Crippen MR) is 58.0 cm³/mol. The van der Waals surface area contributed by atoms with Gasteiger partial charge in [-0.1, -0.05) is 0 Å². The summed E-state index contributed by atoms with van der Waals surface area (Å²) in [6.07, 6.45) is -0.0682. The van der Waals surface area contributed by atoms with Crippen LogP contribution >= 0.6 is 12.4 Å². The van der Waals surface area contributed by atoms with E-state index in [0.717, 1.165) is 0 Å². The molecule has 15 heavy (non-hydrogen) atoms. The first-order chi connectivity index (χ1) is 6.45. The molecule has 0 aromatic heterocycles. The summed E-state index contributed by atoms with van der Waals surface area (Å²) in [5.74, 6) is -0.590. The van der Waals surface area contributed by atoms with Crippen LogP contribution in [-0.4, -0.2) is 43.9 Å². The maximum atomic E-state index is 13.2. The Labute approximate surface area is 95.3 Å². The monoisotopic (exact) mass is 240 g/mol. The number of carbonyl (C=O) groups excluding carboxylic acids is 1. The molecule has 2 atom stereocenters. The number of methoxy groups -OCH3 is 1. The van der Waals surface area contributed by atoms with E-state index in [1.165, 1.54) is 13.8 Å². The Morgan fingerprint density at radius 2 is 2.13 bits per heavy atom. The number of carbonyl (C=O) groups is 1. The topological polar surface area (TPSA) is 50.4 Å². The second-order valence-electron chi connectivity index (χ2n) is 3.98. The molecular formula is C9H18ClFN2O2. The molecule has 1 saturated heterocycles. The van der Waals surface area contributed by atoms with E-state index in [1.807, 2.05) is 0 Å². The molecule has 0 bridgehead atoms. The molecule has 1 heterocycles. The van der Waals surface area contributed by atoms with Crippen molar-refractivity contribution >= 4 is 18.3 Å². The summed E-state index contributed by atoms with van der Waals surface area (Å²) in [7, 11) is 1.58. The molecule has 0 saturated carbocycles. The molecule has 90 valence electrons. The van der Waals surface area contributed by atoms with E-state index in [-0.39, 0.29) is 24.6 Å². The molecule has 1 amide bonds. The molecule has 2 N–H and O–H groups in total. The Morgan fingerprint density at radius 1 is 1.53 bits per heavy atom. The number of hydrogen-bond acceptors (Lipinski definition) is 3. The van der Waals surface area contributed by atoms with Crippen LogP contribution in [0.15, 0.2) is 0 Å². The maximum absolute atomic E-state index is 13.2. The normalized spacial score (nSPS) is 25.9. The Balaban J connectivity index is 0.00000196. The van der Waals surface area contributed by atoms with E-state index in [4.69, 9.17) is 4.74 Å². The molecule has 0 aromatic rings. The number of rotatable bonds is 3. The molecule has 4 nitrogen and oxygen atoms in total. The van der Waals surface area contributed by atoms with Crippen LogP contribution in [0, 0.1) is 0 Å². The Kier molecular flexibility index (Phi) is 5.48. The number of ether oxygens (including phenoxy) is 1. The highest BCUT2D eigenvalue weighted by atomic mass is 35.5. The van der Waals surface area contributed by atoms with E-state index >= 15 is 0 Å². The average molecular weight is 241 g/mol. The third-order valence-electron chi connectivity index (χ3n) is 2.32. The predicted octanol–water partition coefficient (Wildman–Crippen LogP) is 0.259. The van der Waals surface area contributed by atoms with Crippen molar-refractivity contribution in [2.75, 3.05) is 20.2 Å². The molecule has 1 rings (SSSR count). The summed E-state index contributed by atoms with van der Waals surface area (Å²) >= 11 is 0. The van der Waals surface area contributed by atoms with E-state index < -0.39 is 11.6 Å². The lowest BCUT2D eigenvalue weighted by Crippen LogP contribution is -2.49. The fourth-order valence-corrected chi connectivity index (χ4v) is 1.39. The molecule has 6 heteroatoms. The summed E-state index contributed by atoms with van der Waals surface area (Å²) in [5.41, 5.74) is -1.83. The van der Waals surface area contributed by atoms with Crippen molar-refractivity contribution < 1.29 is 13.9 Å². The van der Waals surface area contributed by atoms with Gasteiger partial charge in [-0.25, -0.2) is 4.39 Å². The van der Waals surface area contributed by atoms with Crippen molar-refractivity contribution in [3.05, 3.63) is 0 Å². The lowest BCUT2D eigenvalue weighted by atomic mass is 10.1. The summed E-state index contributed by atoms with van der Waals surface area (Å²) < 4.78 is 18.3. The van der Waals surface area contributed by atoms with Gasteiger partial charge in [0.05, 0.1) is 12.1 Å². The smallest absolute Gasteiger partial charge is 0.257 e. The zero-order valence-electron chi connectivity index (χ0n) is 9.17. The van der Waals surface area contributed by atoms with Crippen molar-refractivity contribution in [3.8, 4) is 0 Å². The van der Waals surface area contributed by atoms with Gasteiger partial charge in [-0.15, -0.1) is 12.4 Å². The van der Waals surface area contributed by atoms with Gasteiger partial charge >= 0.3 is 0 Å². The second kappa shape index (κ2) is 5.63. The number of hydrogen-bond donors (Lipinski definition) is 2. The highest BCUT2D eigenvalue weighted by Gasteiger charge is 2.33. The fraction of sp³-hybridized carbons (Fsp3) is 0.889. The van der Waals surface area contributed by atoms with E-state index in [1.54, 1.807) is 7.11 Å². The molecular weight excluding hydrogens is 223 g/mol. The van der Waals surface area contributed by atoms with Crippen LogP contribution in [0.25, 0.3) is 0 Å². The third kappa shape index (κ3) is 3.93. The van der Waals surface area contributed by atoms with Crippen LogP contribution < -0.4 is 10.6 Å². The zero-order chi connectivity index (χ0) is 10.8. The summed E-state index contributed by atoms with van der Waals surface area (Å²) in [4.78, 5) is 11.3. The molecule has 1 fully saturated rings. The lowest BCUT2D eigenvalue weighted by Gasteiger charge is -2.22. The van der Waals surface area contributed by atoms with Crippen molar-refractivity contribution in [2.24, 2.45) is 0 Å². The van der Waals surface area contributed by atoms with E-state index in [2.05, 4.69) is 10.6 Å². The van der Waals surface area contributed by atoms with Crippen LogP contribution in [0.4, 0.5) is 4.39 Å². The van der Waals surface area contributed by atoms with Crippen molar-refractivity contribution in [2.45, 2.75) is 31.7 Å². The standard InChI is InChI=1S/C9H17FN2O2.ClH/c1-9(2,10)8(13)12-6-4-11-5-7(6)14-3;/h6-7,11H,4-5H2,1-3H3,(H,12,13);1H.